The molecular formula is C11H16N2O2. The number of nitrogens with zero attached hydrogens (tertiary/aromatic N) is 1. The van der Waals surface area contributed by atoms with Gasteiger partial charge in [-0.1, -0.05) is 32.0 Å². The summed E-state index contributed by atoms with van der Waals surface area (Å²) in [5.74, 6) is 0. The van der Waals surface area contributed by atoms with Crippen molar-refractivity contribution < 1.29 is 4.92 Å². The average Bonchev–Trinajstić information content (AvgIpc) is 2.16. The zero-order valence-electron chi connectivity index (χ0n) is 9.28. The fourth-order valence-electron chi connectivity index (χ4n) is 1.56. The minimum Gasteiger partial charge on any atom is -0.330 e. The Morgan fingerprint density at radius 2 is 2.07 bits per heavy atom. The highest BCUT2D eigenvalue weighted by atomic mass is 16.6. The van der Waals surface area contributed by atoms with Crippen molar-refractivity contribution in [1.29, 1.82) is 0 Å². The van der Waals surface area contributed by atoms with Gasteiger partial charge in [0, 0.05) is 23.1 Å². The van der Waals surface area contributed by atoms with E-state index in [0.717, 1.165) is 0 Å². The van der Waals surface area contributed by atoms with Gasteiger partial charge in [0.25, 0.3) is 5.69 Å². The Morgan fingerprint density at radius 3 is 2.53 bits per heavy atom. The molecule has 0 heterocycles. The first-order chi connectivity index (χ1) is 6.90. The summed E-state index contributed by atoms with van der Waals surface area (Å²) in [4.78, 5) is 10.6. The lowest BCUT2D eigenvalue weighted by Gasteiger charge is -2.23. The summed E-state index contributed by atoms with van der Waals surface area (Å²) in [5, 5.41) is 11.0. The number of rotatable bonds is 3. The molecule has 0 bridgehead atoms. The molecule has 0 aliphatic heterocycles. The van der Waals surface area contributed by atoms with Crippen LogP contribution in [0.4, 0.5) is 5.69 Å². The summed E-state index contributed by atoms with van der Waals surface area (Å²) < 4.78 is 0. The van der Waals surface area contributed by atoms with Crippen LogP contribution in [0.5, 0.6) is 0 Å². The van der Waals surface area contributed by atoms with E-state index in [4.69, 9.17) is 5.73 Å². The van der Waals surface area contributed by atoms with E-state index in [1.807, 2.05) is 19.9 Å². The molecule has 1 aromatic carbocycles. The molecule has 0 saturated carbocycles. The predicted octanol–water partition coefficient (Wildman–Crippen LogP) is 2.14. The Morgan fingerprint density at radius 1 is 1.47 bits per heavy atom. The van der Waals surface area contributed by atoms with E-state index in [1.165, 1.54) is 0 Å². The van der Waals surface area contributed by atoms with Gasteiger partial charge >= 0.3 is 0 Å². The van der Waals surface area contributed by atoms with E-state index < -0.39 is 0 Å². The number of nitrogens with two attached hydrogens (primary N) is 1. The molecule has 82 valence electrons. The first-order valence-electron chi connectivity index (χ1n) is 4.84. The second-order valence-electron chi connectivity index (χ2n) is 4.32. The van der Waals surface area contributed by atoms with E-state index >= 15 is 0 Å². The van der Waals surface area contributed by atoms with Gasteiger partial charge in [0.1, 0.15) is 0 Å². The SMILES string of the molecule is Cc1cccc(C(C)(C)CN)c1[N+](=O)[O-]. The lowest BCUT2D eigenvalue weighted by Crippen LogP contribution is -2.29. The van der Waals surface area contributed by atoms with Gasteiger partial charge in [0.2, 0.25) is 0 Å². The summed E-state index contributed by atoms with van der Waals surface area (Å²) in [6.07, 6.45) is 0. The van der Waals surface area contributed by atoms with Gasteiger partial charge in [-0.05, 0) is 6.92 Å². The fourth-order valence-corrected chi connectivity index (χ4v) is 1.56. The van der Waals surface area contributed by atoms with E-state index in [0.29, 0.717) is 17.7 Å². The second-order valence-corrected chi connectivity index (χ2v) is 4.32. The van der Waals surface area contributed by atoms with Crippen molar-refractivity contribution in [3.63, 3.8) is 0 Å². The van der Waals surface area contributed by atoms with Gasteiger partial charge in [-0.3, -0.25) is 10.1 Å². The van der Waals surface area contributed by atoms with Crippen molar-refractivity contribution in [2.45, 2.75) is 26.2 Å². The number of aryl methyl sites for hydroxylation is 1. The van der Waals surface area contributed by atoms with Crippen LogP contribution in [0.15, 0.2) is 18.2 Å². The molecule has 0 spiro atoms. The highest BCUT2D eigenvalue weighted by molar-refractivity contribution is 5.50. The molecular weight excluding hydrogens is 192 g/mol. The standard InChI is InChI=1S/C11H16N2O2/c1-8-5-4-6-9(10(8)13(14)15)11(2,3)7-12/h4-6H,7,12H2,1-3H3. The third-order valence-electron chi connectivity index (χ3n) is 2.66. The van der Waals surface area contributed by atoms with Crippen LogP contribution in [-0.2, 0) is 5.41 Å². The summed E-state index contributed by atoms with van der Waals surface area (Å²) in [6, 6.07) is 5.35. The predicted molar refractivity (Wildman–Crippen MR) is 59.9 cm³/mol. The van der Waals surface area contributed by atoms with Gasteiger partial charge in [0.05, 0.1) is 4.92 Å². The molecule has 0 amide bonds. The van der Waals surface area contributed by atoms with Crippen LogP contribution in [0, 0.1) is 17.0 Å². The summed E-state index contributed by atoms with van der Waals surface area (Å²) in [6.45, 7) is 5.95. The monoisotopic (exact) mass is 208 g/mol. The van der Waals surface area contributed by atoms with Crippen molar-refractivity contribution in [1.82, 2.24) is 0 Å². The number of hydrogen-bond donors (Lipinski definition) is 1. The number of nitro benzene ring substituents is 1. The van der Waals surface area contributed by atoms with Crippen LogP contribution in [0.1, 0.15) is 25.0 Å². The summed E-state index contributed by atoms with van der Waals surface area (Å²) in [7, 11) is 0. The van der Waals surface area contributed by atoms with E-state index in [9.17, 15) is 10.1 Å². The Hall–Kier alpha value is -1.42. The normalized spacial score (nSPS) is 11.5. The maximum absolute atomic E-state index is 11.0. The van der Waals surface area contributed by atoms with Gasteiger partial charge in [-0.15, -0.1) is 0 Å². The first-order valence-corrected chi connectivity index (χ1v) is 4.84. The number of benzene rings is 1. The zero-order valence-corrected chi connectivity index (χ0v) is 9.28. The minimum absolute atomic E-state index is 0.188. The van der Waals surface area contributed by atoms with Gasteiger partial charge in [-0.25, -0.2) is 0 Å². The molecule has 0 aliphatic rings. The Labute approximate surface area is 89.2 Å². The Balaban J connectivity index is 3.42. The quantitative estimate of drug-likeness (QED) is 0.611. The average molecular weight is 208 g/mol. The molecule has 0 saturated heterocycles. The van der Waals surface area contributed by atoms with Crippen molar-refractivity contribution in [2.24, 2.45) is 5.73 Å². The van der Waals surface area contributed by atoms with Crippen LogP contribution < -0.4 is 5.73 Å². The lowest BCUT2D eigenvalue weighted by atomic mass is 9.83. The molecule has 0 fully saturated rings. The van der Waals surface area contributed by atoms with Crippen molar-refractivity contribution in [3.8, 4) is 0 Å². The van der Waals surface area contributed by atoms with E-state index in [1.54, 1.807) is 19.1 Å². The maximum Gasteiger partial charge on any atom is 0.276 e. The smallest absolute Gasteiger partial charge is 0.276 e. The Bertz CT molecular complexity index is 386. The Kier molecular flexibility index (Phi) is 3.09. The molecule has 4 nitrogen and oxygen atoms in total. The summed E-state index contributed by atoms with van der Waals surface area (Å²) in [5.41, 5.74) is 6.84. The molecule has 1 rings (SSSR count). The summed E-state index contributed by atoms with van der Waals surface area (Å²) >= 11 is 0. The molecule has 1 aromatic rings. The van der Waals surface area contributed by atoms with Gasteiger partial charge < -0.3 is 5.73 Å². The molecule has 2 N–H and O–H groups in total. The van der Waals surface area contributed by atoms with Crippen LogP contribution in [-0.4, -0.2) is 11.5 Å². The zero-order chi connectivity index (χ0) is 11.6. The van der Waals surface area contributed by atoms with Crippen molar-refractivity contribution >= 4 is 5.69 Å². The highest BCUT2D eigenvalue weighted by Gasteiger charge is 2.28. The molecule has 0 aliphatic carbocycles. The third kappa shape index (κ3) is 2.15. The van der Waals surface area contributed by atoms with E-state index in [2.05, 4.69) is 0 Å². The molecule has 15 heavy (non-hydrogen) atoms. The second kappa shape index (κ2) is 3.98. The molecule has 0 aromatic heterocycles. The van der Waals surface area contributed by atoms with Gasteiger partial charge in [0.15, 0.2) is 0 Å². The number of nitro groups is 1. The third-order valence-corrected chi connectivity index (χ3v) is 2.66. The van der Waals surface area contributed by atoms with Crippen molar-refractivity contribution in [2.75, 3.05) is 6.54 Å². The van der Waals surface area contributed by atoms with Crippen LogP contribution in [0.3, 0.4) is 0 Å². The minimum atomic E-state index is -0.367. The fraction of sp³-hybridized carbons (Fsp3) is 0.455. The molecule has 0 radical (unpaired) electrons. The molecule has 0 unspecified atom stereocenters. The van der Waals surface area contributed by atoms with Crippen LogP contribution in [0.2, 0.25) is 0 Å². The van der Waals surface area contributed by atoms with Gasteiger partial charge in [-0.2, -0.15) is 0 Å². The number of para-hydroxylation sites is 1. The first kappa shape index (κ1) is 11.7. The number of hydrogen-bond acceptors (Lipinski definition) is 3. The largest absolute Gasteiger partial charge is 0.330 e. The maximum atomic E-state index is 11.0. The van der Waals surface area contributed by atoms with Crippen LogP contribution in [0.25, 0.3) is 0 Å². The van der Waals surface area contributed by atoms with Crippen LogP contribution >= 0.6 is 0 Å². The highest BCUT2D eigenvalue weighted by Crippen LogP contribution is 2.32. The van der Waals surface area contributed by atoms with Crippen molar-refractivity contribution in [3.05, 3.63) is 39.4 Å². The molecule has 4 heteroatoms. The molecule has 0 atom stereocenters. The topological polar surface area (TPSA) is 69.2 Å². The van der Waals surface area contributed by atoms with E-state index in [-0.39, 0.29) is 16.0 Å². The lowest BCUT2D eigenvalue weighted by molar-refractivity contribution is -0.386.